The van der Waals surface area contributed by atoms with Gasteiger partial charge in [-0.25, -0.2) is 0 Å². The summed E-state index contributed by atoms with van der Waals surface area (Å²) in [5.41, 5.74) is 2.03. The summed E-state index contributed by atoms with van der Waals surface area (Å²) in [5, 5.41) is 9.98. The Labute approximate surface area is 116 Å². The van der Waals surface area contributed by atoms with E-state index in [9.17, 15) is 14.9 Å². The van der Waals surface area contributed by atoms with Crippen LogP contribution < -0.4 is 0 Å². The number of aromatic amines is 1. The van der Waals surface area contributed by atoms with Crippen LogP contribution in [-0.2, 0) is 4.79 Å². The fourth-order valence-corrected chi connectivity index (χ4v) is 2.59. The minimum absolute atomic E-state index is 0.0888. The number of rotatable bonds is 4. The van der Waals surface area contributed by atoms with Gasteiger partial charge in [-0.15, -0.1) is 0 Å². The third-order valence-electron chi connectivity index (χ3n) is 3.80. The Balaban J connectivity index is 2.05. The highest BCUT2D eigenvalue weighted by atomic mass is 16.2. The number of hydrogen-bond donors (Lipinski definition) is 1. The third-order valence-corrected chi connectivity index (χ3v) is 3.80. The van der Waals surface area contributed by atoms with Crippen molar-refractivity contribution < 1.29 is 9.59 Å². The molecule has 0 amide bonds. The minimum Gasteiger partial charge on any atom is -0.358 e. The molecular formula is C16H14N2O2. The van der Waals surface area contributed by atoms with Gasteiger partial charge in [-0.1, -0.05) is 18.2 Å². The van der Waals surface area contributed by atoms with Gasteiger partial charge in [-0.05, 0) is 25.8 Å². The highest BCUT2D eigenvalue weighted by Crippen LogP contribution is 2.34. The van der Waals surface area contributed by atoms with Gasteiger partial charge >= 0.3 is 0 Å². The number of nitrogens with zero attached hydrogens (tertiary/aromatic N) is 1. The first-order valence-corrected chi connectivity index (χ1v) is 6.68. The molecule has 3 rings (SSSR count). The Morgan fingerprint density at radius 2 is 2.05 bits per heavy atom. The lowest BCUT2D eigenvalue weighted by Gasteiger charge is -2.06. The summed E-state index contributed by atoms with van der Waals surface area (Å²) in [6.45, 7) is 1.79. The van der Waals surface area contributed by atoms with Crippen LogP contribution in [0.1, 0.15) is 28.9 Å². The van der Waals surface area contributed by atoms with E-state index in [1.807, 2.05) is 30.3 Å². The molecule has 0 radical (unpaired) electrons. The van der Waals surface area contributed by atoms with E-state index in [2.05, 4.69) is 4.98 Å². The number of carbonyl (C=O) groups is 2. The molecule has 1 aliphatic carbocycles. The topological polar surface area (TPSA) is 73.7 Å². The molecule has 100 valence electrons. The van der Waals surface area contributed by atoms with E-state index in [1.165, 1.54) is 0 Å². The summed E-state index contributed by atoms with van der Waals surface area (Å²) in [4.78, 5) is 27.8. The molecule has 0 spiro atoms. The number of benzene rings is 1. The van der Waals surface area contributed by atoms with Crippen molar-refractivity contribution in [3.63, 3.8) is 0 Å². The number of ketones is 2. The van der Waals surface area contributed by atoms with Crippen molar-refractivity contribution in [2.45, 2.75) is 19.8 Å². The minimum atomic E-state index is -1.17. The third kappa shape index (κ3) is 1.92. The smallest absolute Gasteiger partial charge is 0.189 e. The maximum absolute atomic E-state index is 12.6. The molecule has 2 aromatic rings. The van der Waals surface area contributed by atoms with Gasteiger partial charge in [0.2, 0.25) is 0 Å². The second-order valence-corrected chi connectivity index (χ2v) is 5.27. The quantitative estimate of drug-likeness (QED) is 0.683. The predicted octanol–water partition coefficient (Wildman–Crippen LogP) is 2.78. The van der Waals surface area contributed by atoms with E-state index in [0.717, 1.165) is 23.7 Å². The molecule has 20 heavy (non-hydrogen) atoms. The zero-order valence-electron chi connectivity index (χ0n) is 11.1. The van der Waals surface area contributed by atoms with E-state index in [-0.39, 0.29) is 17.5 Å². The van der Waals surface area contributed by atoms with Gasteiger partial charge in [0.15, 0.2) is 17.5 Å². The molecule has 1 atom stereocenters. The Morgan fingerprint density at radius 3 is 2.70 bits per heavy atom. The average molecular weight is 266 g/mol. The zero-order chi connectivity index (χ0) is 14.3. The number of fused-ring (bicyclic) bond motifs is 1. The molecule has 1 aromatic carbocycles. The number of aryl methyl sites for hydroxylation is 1. The van der Waals surface area contributed by atoms with Crippen molar-refractivity contribution in [1.82, 2.24) is 4.98 Å². The Morgan fingerprint density at radius 1 is 1.35 bits per heavy atom. The number of para-hydroxylation sites is 1. The standard InChI is InChI=1S/C16H14N2O2/c1-9-14(11-4-2-3-5-13(11)18-9)16(20)12(8-17)15(19)10-6-7-10/h2-5,10,12,18H,6-7H2,1H3. The van der Waals surface area contributed by atoms with Crippen LogP contribution in [-0.4, -0.2) is 16.6 Å². The van der Waals surface area contributed by atoms with Crippen molar-refractivity contribution in [2.75, 3.05) is 0 Å². The van der Waals surface area contributed by atoms with Crippen LogP contribution in [0.25, 0.3) is 10.9 Å². The summed E-state index contributed by atoms with van der Waals surface area (Å²) in [5.74, 6) is -1.85. The summed E-state index contributed by atoms with van der Waals surface area (Å²) in [6, 6.07) is 9.33. The van der Waals surface area contributed by atoms with Gasteiger partial charge in [-0.2, -0.15) is 5.26 Å². The molecule has 1 unspecified atom stereocenters. The molecule has 1 aliphatic rings. The lowest BCUT2D eigenvalue weighted by molar-refractivity contribution is -0.121. The van der Waals surface area contributed by atoms with Gasteiger partial charge in [-0.3, -0.25) is 9.59 Å². The van der Waals surface area contributed by atoms with E-state index in [4.69, 9.17) is 0 Å². The first kappa shape index (κ1) is 12.6. The van der Waals surface area contributed by atoms with E-state index >= 15 is 0 Å². The highest BCUT2D eigenvalue weighted by Gasteiger charge is 2.39. The van der Waals surface area contributed by atoms with Crippen LogP contribution in [0, 0.1) is 30.1 Å². The van der Waals surface area contributed by atoms with Crippen LogP contribution >= 0.6 is 0 Å². The van der Waals surface area contributed by atoms with Gasteiger partial charge in [0.25, 0.3) is 0 Å². The van der Waals surface area contributed by atoms with Crippen molar-refractivity contribution >= 4 is 22.5 Å². The molecule has 0 saturated heterocycles. The second-order valence-electron chi connectivity index (χ2n) is 5.27. The number of hydrogen-bond acceptors (Lipinski definition) is 3. The number of carbonyl (C=O) groups excluding carboxylic acids is 2. The molecule has 1 heterocycles. The molecule has 4 nitrogen and oxygen atoms in total. The molecular weight excluding hydrogens is 252 g/mol. The largest absolute Gasteiger partial charge is 0.358 e. The summed E-state index contributed by atoms with van der Waals surface area (Å²) >= 11 is 0. The van der Waals surface area contributed by atoms with Crippen LogP contribution in [0.3, 0.4) is 0 Å². The lowest BCUT2D eigenvalue weighted by atomic mass is 9.91. The molecule has 1 N–H and O–H groups in total. The molecule has 1 saturated carbocycles. The van der Waals surface area contributed by atoms with Crippen LogP contribution in [0.15, 0.2) is 24.3 Å². The maximum Gasteiger partial charge on any atom is 0.189 e. The fraction of sp³-hybridized carbons (Fsp3) is 0.312. The van der Waals surface area contributed by atoms with E-state index in [0.29, 0.717) is 11.3 Å². The van der Waals surface area contributed by atoms with Crippen molar-refractivity contribution in [1.29, 1.82) is 5.26 Å². The summed E-state index contributed by atoms with van der Waals surface area (Å²) < 4.78 is 0. The van der Waals surface area contributed by atoms with E-state index in [1.54, 1.807) is 6.92 Å². The van der Waals surface area contributed by atoms with Crippen molar-refractivity contribution in [3.8, 4) is 6.07 Å². The fourth-order valence-electron chi connectivity index (χ4n) is 2.59. The Bertz CT molecular complexity index is 747. The van der Waals surface area contributed by atoms with Gasteiger partial charge in [0, 0.05) is 28.1 Å². The number of H-pyrrole nitrogens is 1. The van der Waals surface area contributed by atoms with Gasteiger partial charge < -0.3 is 4.98 Å². The molecule has 0 bridgehead atoms. The number of aromatic nitrogens is 1. The van der Waals surface area contributed by atoms with E-state index < -0.39 is 5.92 Å². The number of Topliss-reactive ketones (excluding diaryl/α,β-unsaturated/α-hetero) is 2. The first-order valence-electron chi connectivity index (χ1n) is 6.68. The molecule has 1 aromatic heterocycles. The second kappa shape index (κ2) is 4.61. The summed E-state index contributed by atoms with van der Waals surface area (Å²) in [6.07, 6.45) is 1.61. The zero-order valence-corrected chi connectivity index (χ0v) is 11.1. The monoisotopic (exact) mass is 266 g/mol. The normalized spacial score (nSPS) is 15.8. The Kier molecular flexibility index (Phi) is 2.90. The van der Waals surface area contributed by atoms with Crippen LogP contribution in [0.5, 0.6) is 0 Å². The van der Waals surface area contributed by atoms with Gasteiger partial charge in [0.1, 0.15) is 0 Å². The SMILES string of the molecule is Cc1[nH]c2ccccc2c1C(=O)C(C#N)C(=O)C1CC1. The maximum atomic E-state index is 12.6. The van der Waals surface area contributed by atoms with Crippen molar-refractivity contribution in [3.05, 3.63) is 35.5 Å². The predicted molar refractivity (Wildman–Crippen MR) is 74.2 cm³/mol. The van der Waals surface area contributed by atoms with Crippen LogP contribution in [0.2, 0.25) is 0 Å². The molecule has 1 fully saturated rings. The van der Waals surface area contributed by atoms with Crippen molar-refractivity contribution in [2.24, 2.45) is 11.8 Å². The first-order chi connectivity index (χ1) is 9.63. The lowest BCUT2D eigenvalue weighted by Crippen LogP contribution is -2.24. The average Bonchev–Trinajstić information content (AvgIpc) is 3.21. The molecule has 4 heteroatoms. The number of nitriles is 1. The van der Waals surface area contributed by atoms with Gasteiger partial charge in [0.05, 0.1) is 6.07 Å². The van der Waals surface area contributed by atoms with Crippen LogP contribution in [0.4, 0.5) is 0 Å². The Hall–Kier alpha value is -2.41. The number of nitrogens with one attached hydrogen (secondary N) is 1. The highest BCUT2D eigenvalue weighted by molar-refractivity contribution is 6.19. The summed E-state index contributed by atoms with van der Waals surface area (Å²) in [7, 11) is 0. The molecule has 0 aliphatic heterocycles.